The fourth-order valence-corrected chi connectivity index (χ4v) is 5.69. The molecule has 2 saturated carbocycles. The third-order valence-electron chi connectivity index (χ3n) is 6.69. The van der Waals surface area contributed by atoms with Gasteiger partial charge in [0.05, 0.1) is 22.9 Å². The van der Waals surface area contributed by atoms with E-state index in [1.807, 2.05) is 19.2 Å². The van der Waals surface area contributed by atoms with E-state index in [2.05, 4.69) is 14.7 Å². The number of methoxy groups -OCH3 is 1. The van der Waals surface area contributed by atoms with Gasteiger partial charge in [-0.2, -0.15) is 0 Å². The van der Waals surface area contributed by atoms with E-state index in [0.717, 1.165) is 24.1 Å². The molecule has 2 aliphatic carbocycles. The van der Waals surface area contributed by atoms with E-state index in [4.69, 9.17) is 4.74 Å². The average molecular weight is 452 g/mol. The first-order valence-electron chi connectivity index (χ1n) is 10.8. The summed E-state index contributed by atoms with van der Waals surface area (Å²) in [6, 6.07) is 10.4. The highest BCUT2D eigenvalue weighted by Gasteiger charge is 2.54. The van der Waals surface area contributed by atoms with Crippen molar-refractivity contribution < 1.29 is 17.9 Å². The number of hydrogen-bond acceptors (Lipinski definition) is 6. The summed E-state index contributed by atoms with van der Waals surface area (Å²) in [5.74, 6) is 0.282. The van der Waals surface area contributed by atoms with Crippen molar-refractivity contribution in [2.45, 2.75) is 55.3 Å². The van der Waals surface area contributed by atoms with Gasteiger partial charge in [-0.15, -0.1) is 0 Å². The molecular formula is C24H25N3O4S. The van der Waals surface area contributed by atoms with Crippen LogP contribution >= 0.6 is 0 Å². The maximum absolute atomic E-state index is 13.4. The summed E-state index contributed by atoms with van der Waals surface area (Å²) in [4.78, 5) is 22.2. The first kappa shape index (κ1) is 20.9. The molecule has 1 N–H and O–H groups in total. The number of ether oxygens (including phenoxy) is 1. The van der Waals surface area contributed by atoms with Gasteiger partial charge in [0.15, 0.2) is 0 Å². The van der Waals surface area contributed by atoms with Gasteiger partial charge >= 0.3 is 0 Å². The molecule has 1 amide bonds. The van der Waals surface area contributed by atoms with Crippen LogP contribution in [0.2, 0.25) is 0 Å². The van der Waals surface area contributed by atoms with Gasteiger partial charge in [-0.3, -0.25) is 9.78 Å². The van der Waals surface area contributed by atoms with Gasteiger partial charge < -0.3 is 4.74 Å². The summed E-state index contributed by atoms with van der Waals surface area (Å²) < 4.78 is 34.2. The van der Waals surface area contributed by atoms with Crippen molar-refractivity contribution in [2.75, 3.05) is 7.11 Å². The number of aromatic nitrogens is 2. The van der Waals surface area contributed by atoms with Gasteiger partial charge in [0.25, 0.3) is 10.0 Å². The topological polar surface area (TPSA) is 98.2 Å². The number of fused-ring (bicyclic) bond motifs is 1. The van der Waals surface area contributed by atoms with Gasteiger partial charge in [0, 0.05) is 22.8 Å². The van der Waals surface area contributed by atoms with Crippen LogP contribution < -0.4 is 9.46 Å². The summed E-state index contributed by atoms with van der Waals surface area (Å²) in [5, 5.41) is 0.481. The van der Waals surface area contributed by atoms with Crippen LogP contribution in [0.15, 0.2) is 47.5 Å². The summed E-state index contributed by atoms with van der Waals surface area (Å²) >= 11 is 0. The molecule has 166 valence electrons. The second-order valence-corrected chi connectivity index (χ2v) is 10.4. The lowest BCUT2D eigenvalue weighted by Gasteiger charge is -2.27. The molecule has 0 saturated heterocycles. The second-order valence-electron chi connectivity index (χ2n) is 8.75. The fourth-order valence-electron chi connectivity index (χ4n) is 4.42. The molecule has 3 aromatic rings. The smallest absolute Gasteiger partial charge is 0.264 e. The number of nitrogens with zero attached hydrogens (tertiary/aromatic N) is 2. The Morgan fingerprint density at radius 3 is 2.62 bits per heavy atom. The van der Waals surface area contributed by atoms with Gasteiger partial charge in [0.1, 0.15) is 0 Å². The molecule has 2 fully saturated rings. The van der Waals surface area contributed by atoms with Crippen LogP contribution in [0.4, 0.5) is 0 Å². The summed E-state index contributed by atoms with van der Waals surface area (Å²) in [6.45, 7) is 1.85. The molecule has 5 rings (SSSR count). The number of benzene rings is 1. The Morgan fingerprint density at radius 2 is 1.97 bits per heavy atom. The van der Waals surface area contributed by atoms with Crippen molar-refractivity contribution >= 4 is 26.8 Å². The zero-order valence-electron chi connectivity index (χ0n) is 18.1. The molecule has 32 heavy (non-hydrogen) atoms. The molecule has 0 atom stereocenters. The zero-order valence-corrected chi connectivity index (χ0v) is 18.9. The number of carbonyl (C=O) groups is 1. The number of sulfonamides is 1. The van der Waals surface area contributed by atoms with Crippen LogP contribution in [-0.4, -0.2) is 31.4 Å². The normalized spacial score (nSPS) is 17.6. The summed E-state index contributed by atoms with van der Waals surface area (Å²) in [6.07, 6.45) is 6.32. The molecule has 0 bridgehead atoms. The Balaban J connectivity index is 1.49. The SMILES string of the molecule is COc1ncc(C2CCC2)cc1C1(C(=O)NS(=O)(=O)c2cccc3nc(C)ccc23)CC1. The maximum atomic E-state index is 13.4. The average Bonchev–Trinajstić information content (AvgIpc) is 3.53. The fraction of sp³-hybridized carbons (Fsp3) is 0.375. The van der Waals surface area contributed by atoms with Crippen LogP contribution in [0.5, 0.6) is 5.88 Å². The molecule has 7 nitrogen and oxygen atoms in total. The minimum Gasteiger partial charge on any atom is -0.481 e. The summed E-state index contributed by atoms with van der Waals surface area (Å²) in [5.41, 5.74) is 2.18. The summed E-state index contributed by atoms with van der Waals surface area (Å²) in [7, 11) is -2.57. The molecular weight excluding hydrogens is 426 g/mol. The number of rotatable bonds is 6. The van der Waals surface area contributed by atoms with Crippen molar-refractivity contribution in [3.05, 3.63) is 59.4 Å². The maximum Gasteiger partial charge on any atom is 0.264 e. The second kappa shape index (κ2) is 7.55. The van der Waals surface area contributed by atoms with Crippen molar-refractivity contribution in [3.8, 4) is 5.88 Å². The molecule has 1 aromatic carbocycles. The quantitative estimate of drug-likeness (QED) is 0.613. The highest BCUT2D eigenvalue weighted by atomic mass is 32.2. The monoisotopic (exact) mass is 451 g/mol. The number of pyridine rings is 2. The third kappa shape index (κ3) is 3.43. The van der Waals surface area contributed by atoms with Gasteiger partial charge in [-0.25, -0.2) is 18.1 Å². The number of hydrogen-bond donors (Lipinski definition) is 1. The van der Waals surface area contributed by atoms with Crippen molar-refractivity contribution in [1.82, 2.24) is 14.7 Å². The number of amides is 1. The lowest BCUT2D eigenvalue weighted by atomic mass is 9.79. The molecule has 0 radical (unpaired) electrons. The Morgan fingerprint density at radius 1 is 1.19 bits per heavy atom. The minimum absolute atomic E-state index is 0.0416. The largest absolute Gasteiger partial charge is 0.481 e. The standard InChI is InChI=1S/C24H25N3O4S/c1-15-9-10-18-20(26-15)7-4-8-21(18)32(29,30)27-23(28)24(11-12-24)19-13-17(16-5-3-6-16)14-25-22(19)31-2/h4,7-10,13-14,16H,3,5-6,11-12H2,1-2H3,(H,27,28). The minimum atomic E-state index is -4.09. The van der Waals surface area contributed by atoms with Gasteiger partial charge in [0.2, 0.25) is 11.8 Å². The Kier molecular flexibility index (Phi) is 4.93. The van der Waals surface area contributed by atoms with E-state index in [1.165, 1.54) is 19.6 Å². The van der Waals surface area contributed by atoms with E-state index in [0.29, 0.717) is 41.1 Å². The molecule has 0 aliphatic heterocycles. The predicted octanol–water partition coefficient (Wildman–Crippen LogP) is 3.75. The number of carbonyl (C=O) groups excluding carboxylic acids is 1. The molecule has 2 aromatic heterocycles. The third-order valence-corrected chi connectivity index (χ3v) is 8.08. The van der Waals surface area contributed by atoms with Crippen molar-refractivity contribution in [3.63, 3.8) is 0 Å². The van der Waals surface area contributed by atoms with E-state index >= 15 is 0 Å². The Hall–Kier alpha value is -3.00. The van der Waals surface area contributed by atoms with E-state index in [-0.39, 0.29) is 4.90 Å². The first-order valence-corrected chi connectivity index (χ1v) is 12.3. The van der Waals surface area contributed by atoms with Crippen molar-refractivity contribution in [1.29, 1.82) is 0 Å². The van der Waals surface area contributed by atoms with E-state index in [9.17, 15) is 13.2 Å². The van der Waals surface area contributed by atoms with Gasteiger partial charge in [-0.05, 0) is 74.4 Å². The van der Waals surface area contributed by atoms with Crippen LogP contribution in [0.25, 0.3) is 10.9 Å². The highest BCUT2D eigenvalue weighted by molar-refractivity contribution is 7.90. The molecule has 2 aliphatic rings. The lowest BCUT2D eigenvalue weighted by Crippen LogP contribution is -2.39. The number of aryl methyl sites for hydroxylation is 1. The van der Waals surface area contributed by atoms with Gasteiger partial charge in [-0.1, -0.05) is 12.5 Å². The first-order chi connectivity index (χ1) is 15.3. The molecule has 0 unspecified atom stereocenters. The molecule has 8 heteroatoms. The van der Waals surface area contributed by atoms with Crippen LogP contribution in [0, 0.1) is 6.92 Å². The van der Waals surface area contributed by atoms with E-state index in [1.54, 1.807) is 24.3 Å². The zero-order chi connectivity index (χ0) is 22.5. The van der Waals surface area contributed by atoms with Crippen LogP contribution in [0.1, 0.15) is 54.8 Å². The Bertz CT molecular complexity index is 1330. The lowest BCUT2D eigenvalue weighted by molar-refractivity contribution is -0.121. The highest BCUT2D eigenvalue weighted by Crippen LogP contribution is 2.52. The molecule has 0 spiro atoms. The molecule has 2 heterocycles. The van der Waals surface area contributed by atoms with Crippen LogP contribution in [-0.2, 0) is 20.2 Å². The van der Waals surface area contributed by atoms with Crippen molar-refractivity contribution in [2.24, 2.45) is 0 Å². The number of nitrogens with one attached hydrogen (secondary N) is 1. The van der Waals surface area contributed by atoms with E-state index < -0.39 is 21.3 Å². The Labute approximate surface area is 187 Å². The predicted molar refractivity (Wildman–Crippen MR) is 120 cm³/mol. The van der Waals surface area contributed by atoms with Crippen LogP contribution in [0.3, 0.4) is 0 Å².